The summed E-state index contributed by atoms with van der Waals surface area (Å²) in [5, 5.41) is 13.1. The van der Waals surface area contributed by atoms with E-state index in [1.54, 1.807) is 0 Å². The Morgan fingerprint density at radius 1 is 1.00 bits per heavy atom. The largest absolute Gasteiger partial charge is 0.444 e. The number of carbonyl (C=O) groups excluding carboxylic acids is 1. The molecule has 4 rings (SSSR count). The second kappa shape index (κ2) is 5.36. The van der Waals surface area contributed by atoms with Crippen LogP contribution in [0.4, 0.5) is 4.79 Å². The smallest absolute Gasteiger partial charge is 0.407 e. The number of ether oxygens (including phenoxy) is 1. The SMILES string of the molecule is CC12CC3(C)CC(CO)(C1)CC(CCNC(=O)OC(C)(C)C)(C2)C3. The van der Waals surface area contributed by atoms with E-state index < -0.39 is 5.60 Å². The molecule has 0 aromatic carbocycles. The molecule has 4 saturated carbocycles. The quantitative estimate of drug-likeness (QED) is 0.806. The number of carbonyl (C=O) groups is 1. The molecule has 2 N–H and O–H groups in total. The molecule has 0 aliphatic heterocycles. The number of hydrogen-bond acceptors (Lipinski definition) is 3. The Hall–Kier alpha value is -0.770. The molecule has 4 aliphatic carbocycles. The average molecular weight is 338 g/mol. The summed E-state index contributed by atoms with van der Waals surface area (Å²) in [4.78, 5) is 11.9. The van der Waals surface area contributed by atoms with Gasteiger partial charge in [0.25, 0.3) is 0 Å². The van der Waals surface area contributed by atoms with Gasteiger partial charge in [-0.1, -0.05) is 13.8 Å². The van der Waals surface area contributed by atoms with Crippen molar-refractivity contribution in [3.05, 3.63) is 0 Å². The highest BCUT2D eigenvalue weighted by Gasteiger charge is 2.64. The molecule has 1 amide bonds. The van der Waals surface area contributed by atoms with E-state index in [1.165, 1.54) is 32.1 Å². The van der Waals surface area contributed by atoms with E-state index in [1.807, 2.05) is 20.8 Å². The van der Waals surface area contributed by atoms with E-state index in [0.717, 1.165) is 12.8 Å². The fourth-order valence-electron chi connectivity index (χ4n) is 7.37. The summed E-state index contributed by atoms with van der Waals surface area (Å²) in [6.07, 6.45) is 7.93. The average Bonchev–Trinajstić information content (AvgIpc) is 2.31. The normalized spacial score (nSPS) is 43.8. The molecule has 4 aliphatic rings. The molecule has 138 valence electrons. The van der Waals surface area contributed by atoms with Crippen LogP contribution in [-0.2, 0) is 4.74 Å². The lowest BCUT2D eigenvalue weighted by Gasteiger charge is -2.69. The first kappa shape index (κ1) is 18.0. The van der Waals surface area contributed by atoms with Crippen LogP contribution in [0.5, 0.6) is 0 Å². The van der Waals surface area contributed by atoms with Crippen LogP contribution in [0.3, 0.4) is 0 Å². The van der Waals surface area contributed by atoms with Gasteiger partial charge < -0.3 is 15.2 Å². The summed E-state index contributed by atoms with van der Waals surface area (Å²) >= 11 is 0. The molecule has 0 heterocycles. The molecule has 4 heteroatoms. The van der Waals surface area contributed by atoms with Crippen LogP contribution >= 0.6 is 0 Å². The van der Waals surface area contributed by atoms with Crippen LogP contribution in [0.25, 0.3) is 0 Å². The summed E-state index contributed by atoms with van der Waals surface area (Å²) in [7, 11) is 0. The molecule has 0 saturated heterocycles. The maximum Gasteiger partial charge on any atom is 0.407 e. The van der Waals surface area contributed by atoms with Crippen molar-refractivity contribution in [3.63, 3.8) is 0 Å². The Morgan fingerprint density at radius 3 is 2.04 bits per heavy atom. The van der Waals surface area contributed by atoms with Crippen LogP contribution < -0.4 is 5.32 Å². The summed E-state index contributed by atoms with van der Waals surface area (Å²) in [6, 6.07) is 0. The van der Waals surface area contributed by atoms with Gasteiger partial charge in [-0.2, -0.15) is 0 Å². The number of nitrogens with one attached hydrogen (secondary N) is 1. The zero-order valence-corrected chi connectivity index (χ0v) is 16.1. The molecule has 2 atom stereocenters. The van der Waals surface area contributed by atoms with Crippen LogP contribution in [0.2, 0.25) is 0 Å². The Kier molecular flexibility index (Phi) is 4.03. The highest BCUT2D eigenvalue weighted by Crippen LogP contribution is 2.74. The highest BCUT2D eigenvalue weighted by molar-refractivity contribution is 5.67. The van der Waals surface area contributed by atoms with Gasteiger partial charge in [0.05, 0.1) is 0 Å². The lowest BCUT2D eigenvalue weighted by molar-refractivity contribution is -0.203. The molecule has 24 heavy (non-hydrogen) atoms. The van der Waals surface area contributed by atoms with Crippen molar-refractivity contribution < 1.29 is 14.6 Å². The minimum atomic E-state index is -0.452. The summed E-state index contributed by atoms with van der Waals surface area (Å²) in [5.41, 5.74) is 0.656. The van der Waals surface area contributed by atoms with Gasteiger partial charge in [0.15, 0.2) is 0 Å². The first-order chi connectivity index (χ1) is 10.9. The lowest BCUT2D eigenvalue weighted by atomic mass is 9.36. The first-order valence-corrected chi connectivity index (χ1v) is 9.48. The first-order valence-electron chi connectivity index (χ1n) is 9.48. The highest BCUT2D eigenvalue weighted by atomic mass is 16.6. The molecule has 0 aromatic rings. The van der Waals surface area contributed by atoms with Gasteiger partial charge in [-0.05, 0) is 87.4 Å². The van der Waals surface area contributed by atoms with Gasteiger partial charge >= 0.3 is 6.09 Å². The fraction of sp³-hybridized carbons (Fsp3) is 0.950. The topological polar surface area (TPSA) is 58.6 Å². The van der Waals surface area contributed by atoms with Crippen molar-refractivity contribution in [2.45, 2.75) is 85.2 Å². The molecule has 4 bridgehead atoms. The minimum Gasteiger partial charge on any atom is -0.444 e. The predicted molar refractivity (Wildman–Crippen MR) is 94.7 cm³/mol. The number of rotatable bonds is 4. The second-order valence-electron chi connectivity index (χ2n) is 11.0. The fourth-order valence-corrected chi connectivity index (χ4v) is 7.37. The third-order valence-corrected chi connectivity index (χ3v) is 6.47. The van der Waals surface area contributed by atoms with Crippen molar-refractivity contribution in [1.82, 2.24) is 5.32 Å². The van der Waals surface area contributed by atoms with Crippen molar-refractivity contribution >= 4 is 6.09 Å². The van der Waals surface area contributed by atoms with E-state index in [0.29, 0.717) is 24.0 Å². The molecule has 0 aromatic heterocycles. The van der Waals surface area contributed by atoms with Gasteiger partial charge in [0.2, 0.25) is 0 Å². The Balaban J connectivity index is 1.66. The summed E-state index contributed by atoms with van der Waals surface area (Å²) in [5.74, 6) is 0. The number of alkyl carbamates (subject to hydrolysis) is 1. The lowest BCUT2D eigenvalue weighted by Crippen LogP contribution is -2.61. The van der Waals surface area contributed by atoms with Gasteiger partial charge in [0, 0.05) is 13.2 Å². The zero-order chi connectivity index (χ0) is 17.9. The summed E-state index contributed by atoms with van der Waals surface area (Å²) in [6.45, 7) is 11.5. The monoisotopic (exact) mass is 337 g/mol. The third-order valence-electron chi connectivity index (χ3n) is 6.47. The zero-order valence-electron chi connectivity index (χ0n) is 16.1. The van der Waals surface area contributed by atoms with Crippen molar-refractivity contribution in [2.24, 2.45) is 21.7 Å². The van der Waals surface area contributed by atoms with Crippen LogP contribution in [0.15, 0.2) is 0 Å². The maximum atomic E-state index is 11.9. The molecular formula is C20H35NO3. The van der Waals surface area contributed by atoms with E-state index in [-0.39, 0.29) is 16.9 Å². The number of aliphatic hydroxyl groups is 1. The van der Waals surface area contributed by atoms with Gasteiger partial charge in [0.1, 0.15) is 5.60 Å². The Labute approximate surface area is 146 Å². The third kappa shape index (κ3) is 3.44. The minimum absolute atomic E-state index is 0.115. The van der Waals surface area contributed by atoms with Crippen LogP contribution in [-0.4, -0.2) is 30.0 Å². The van der Waals surface area contributed by atoms with E-state index in [9.17, 15) is 9.90 Å². The molecule has 0 radical (unpaired) electrons. The van der Waals surface area contributed by atoms with Crippen molar-refractivity contribution in [1.29, 1.82) is 0 Å². The molecule has 4 fully saturated rings. The summed E-state index contributed by atoms with van der Waals surface area (Å²) < 4.78 is 5.35. The van der Waals surface area contributed by atoms with Gasteiger partial charge in [-0.3, -0.25) is 0 Å². The second-order valence-corrected chi connectivity index (χ2v) is 11.0. The van der Waals surface area contributed by atoms with Crippen molar-refractivity contribution in [3.8, 4) is 0 Å². The standard InChI is InChI=1S/C20H35NO3/c1-16(2,3)24-15(23)21-7-6-19-9-17(4)8-18(5,10-19)12-20(11-17,13-19)14-22/h22H,6-14H2,1-5H3,(H,21,23). The molecule has 4 nitrogen and oxygen atoms in total. The predicted octanol–water partition coefficient (Wildman–Crippen LogP) is 4.26. The Morgan fingerprint density at radius 2 is 1.54 bits per heavy atom. The van der Waals surface area contributed by atoms with Crippen LogP contribution in [0.1, 0.15) is 79.6 Å². The molecule has 2 unspecified atom stereocenters. The van der Waals surface area contributed by atoms with E-state index in [2.05, 4.69) is 19.2 Å². The molecule has 0 spiro atoms. The Bertz CT molecular complexity index is 503. The van der Waals surface area contributed by atoms with E-state index >= 15 is 0 Å². The van der Waals surface area contributed by atoms with Crippen molar-refractivity contribution in [2.75, 3.05) is 13.2 Å². The number of amides is 1. The van der Waals surface area contributed by atoms with Crippen LogP contribution in [0, 0.1) is 21.7 Å². The number of aliphatic hydroxyl groups excluding tert-OH is 1. The molecular weight excluding hydrogens is 302 g/mol. The maximum absolute atomic E-state index is 11.9. The van der Waals surface area contributed by atoms with Gasteiger partial charge in [-0.15, -0.1) is 0 Å². The number of hydrogen-bond donors (Lipinski definition) is 2. The van der Waals surface area contributed by atoms with E-state index in [4.69, 9.17) is 4.74 Å². The van der Waals surface area contributed by atoms with Gasteiger partial charge in [-0.25, -0.2) is 4.79 Å².